The smallest absolute Gasteiger partial charge is 0.416 e. The van der Waals surface area contributed by atoms with Gasteiger partial charge >= 0.3 is 6.18 Å². The van der Waals surface area contributed by atoms with Crippen molar-refractivity contribution < 1.29 is 31.5 Å². The van der Waals surface area contributed by atoms with Crippen molar-refractivity contribution >= 4 is 26.9 Å². The van der Waals surface area contributed by atoms with Crippen LogP contribution in [-0.4, -0.2) is 35.5 Å². The van der Waals surface area contributed by atoms with Crippen molar-refractivity contribution in [3.05, 3.63) is 45.9 Å². The van der Waals surface area contributed by atoms with Gasteiger partial charge in [0.15, 0.2) is 9.84 Å². The maximum absolute atomic E-state index is 13.0. The van der Waals surface area contributed by atoms with Crippen molar-refractivity contribution in [2.75, 3.05) is 12.0 Å². The molecule has 0 bridgehead atoms. The van der Waals surface area contributed by atoms with Crippen LogP contribution in [0.4, 0.5) is 18.0 Å². The molecule has 1 aromatic carbocycles. The molecular weight excluding hydrogens is 421 g/mol. The SMILES string of the molecule is Cn1ncc(-c2ccc(C(F)(F)F)cc2S(C)(=O)=O)c(CCSC(=O)[O-])c1=O. The van der Waals surface area contributed by atoms with E-state index in [2.05, 4.69) is 5.10 Å². The van der Waals surface area contributed by atoms with Crippen LogP contribution in [0.2, 0.25) is 0 Å². The molecule has 2 aromatic rings. The van der Waals surface area contributed by atoms with E-state index in [0.717, 1.165) is 23.2 Å². The van der Waals surface area contributed by atoms with Gasteiger partial charge in [0.2, 0.25) is 0 Å². The summed E-state index contributed by atoms with van der Waals surface area (Å²) in [6, 6.07) is 2.17. The molecule has 0 fully saturated rings. The number of benzene rings is 1. The van der Waals surface area contributed by atoms with E-state index in [0.29, 0.717) is 23.9 Å². The molecule has 28 heavy (non-hydrogen) atoms. The molecule has 0 saturated carbocycles. The summed E-state index contributed by atoms with van der Waals surface area (Å²) in [5.41, 5.74) is -1.82. The summed E-state index contributed by atoms with van der Waals surface area (Å²) >= 11 is 0.430. The van der Waals surface area contributed by atoms with E-state index in [1.807, 2.05) is 0 Å². The summed E-state index contributed by atoms with van der Waals surface area (Å²) in [5, 5.41) is 13.0. The van der Waals surface area contributed by atoms with Crippen LogP contribution in [0.1, 0.15) is 11.1 Å². The molecule has 1 heterocycles. The summed E-state index contributed by atoms with van der Waals surface area (Å²) < 4.78 is 64.2. The van der Waals surface area contributed by atoms with Gasteiger partial charge in [-0.05, 0) is 18.6 Å². The van der Waals surface area contributed by atoms with E-state index in [4.69, 9.17) is 0 Å². The average molecular weight is 435 g/mol. The van der Waals surface area contributed by atoms with Gasteiger partial charge in [0, 0.05) is 35.7 Å². The average Bonchev–Trinajstić information content (AvgIpc) is 2.56. The predicted octanol–water partition coefficient (Wildman–Crippen LogP) is 1.49. The van der Waals surface area contributed by atoms with E-state index >= 15 is 0 Å². The number of nitrogens with zero attached hydrogens (tertiary/aromatic N) is 2. The van der Waals surface area contributed by atoms with Gasteiger partial charge in [0.25, 0.3) is 5.56 Å². The standard InChI is InChI=1S/C16H15F3N2O5S2/c1-21-14(22)11(5-6-27-15(23)24)12(8-20-21)10-4-3-9(16(17,18)19)7-13(10)28(2,25)26/h3-4,7-8H,5-6H2,1-2H3,(H,23,24)/p-1. The van der Waals surface area contributed by atoms with Crippen molar-refractivity contribution in [3.63, 3.8) is 0 Å². The number of aryl methyl sites for hydroxylation is 1. The van der Waals surface area contributed by atoms with E-state index in [9.17, 15) is 36.3 Å². The third-order valence-electron chi connectivity index (χ3n) is 3.81. The molecular formula is C16H14F3N2O5S2-. The molecule has 12 heteroatoms. The Labute approximate surface area is 162 Å². The lowest BCUT2D eigenvalue weighted by atomic mass is 10.00. The molecule has 1 aromatic heterocycles. The monoisotopic (exact) mass is 435 g/mol. The molecule has 0 spiro atoms. The van der Waals surface area contributed by atoms with Crippen molar-refractivity contribution in [1.82, 2.24) is 9.78 Å². The van der Waals surface area contributed by atoms with Crippen LogP contribution in [0.5, 0.6) is 0 Å². The quantitative estimate of drug-likeness (QED) is 0.700. The molecule has 0 atom stereocenters. The number of hydrogen-bond donors (Lipinski definition) is 0. The fraction of sp³-hybridized carbons (Fsp3) is 0.312. The van der Waals surface area contributed by atoms with Gasteiger partial charge in [-0.15, -0.1) is 11.8 Å². The number of sulfone groups is 1. The van der Waals surface area contributed by atoms with E-state index in [1.165, 1.54) is 7.05 Å². The largest absolute Gasteiger partial charge is 0.538 e. The van der Waals surface area contributed by atoms with Crippen LogP contribution < -0.4 is 10.7 Å². The summed E-state index contributed by atoms with van der Waals surface area (Å²) in [7, 11) is -2.74. The minimum atomic E-state index is -4.75. The minimum Gasteiger partial charge on any atom is -0.538 e. The molecule has 0 unspecified atom stereocenters. The fourth-order valence-electron chi connectivity index (χ4n) is 2.52. The first-order valence-electron chi connectivity index (χ1n) is 7.63. The van der Waals surface area contributed by atoms with Crippen molar-refractivity contribution in [3.8, 4) is 11.1 Å². The third-order valence-corrected chi connectivity index (χ3v) is 5.59. The molecule has 0 amide bonds. The molecule has 2 rings (SSSR count). The van der Waals surface area contributed by atoms with Gasteiger partial charge in [-0.25, -0.2) is 13.1 Å². The second kappa shape index (κ2) is 7.95. The van der Waals surface area contributed by atoms with Crippen molar-refractivity contribution in [2.24, 2.45) is 7.05 Å². The van der Waals surface area contributed by atoms with Crippen LogP contribution in [0.3, 0.4) is 0 Å². The Morgan fingerprint density at radius 1 is 1.29 bits per heavy atom. The van der Waals surface area contributed by atoms with Gasteiger partial charge in [0.1, 0.15) is 0 Å². The highest BCUT2D eigenvalue weighted by molar-refractivity contribution is 8.13. The maximum Gasteiger partial charge on any atom is 0.416 e. The normalized spacial score (nSPS) is 12.2. The molecule has 0 saturated heterocycles. The summed E-state index contributed by atoms with van der Waals surface area (Å²) in [6.45, 7) is 0. The number of carbonyl (C=O) groups is 1. The Morgan fingerprint density at radius 3 is 2.46 bits per heavy atom. The second-order valence-electron chi connectivity index (χ2n) is 5.79. The van der Waals surface area contributed by atoms with Gasteiger partial charge < -0.3 is 9.90 Å². The lowest BCUT2D eigenvalue weighted by molar-refractivity contribution is -0.232. The number of carboxylic acid groups (broad SMARTS) is 1. The van der Waals surface area contributed by atoms with Gasteiger partial charge in [-0.1, -0.05) is 6.07 Å². The van der Waals surface area contributed by atoms with Gasteiger partial charge in [-0.3, -0.25) is 4.79 Å². The van der Waals surface area contributed by atoms with E-state index in [-0.39, 0.29) is 28.9 Å². The Balaban J connectivity index is 2.72. The molecule has 7 nitrogen and oxygen atoms in total. The van der Waals surface area contributed by atoms with Crippen molar-refractivity contribution in [1.29, 1.82) is 0 Å². The summed E-state index contributed by atoms with van der Waals surface area (Å²) in [4.78, 5) is 22.4. The van der Waals surface area contributed by atoms with E-state index < -0.39 is 37.3 Å². The third kappa shape index (κ3) is 4.93. The molecule has 152 valence electrons. The minimum absolute atomic E-state index is 0.0243. The van der Waals surface area contributed by atoms with Crippen LogP contribution in [0.25, 0.3) is 11.1 Å². The highest BCUT2D eigenvalue weighted by atomic mass is 32.2. The predicted molar refractivity (Wildman–Crippen MR) is 94.6 cm³/mol. The number of thioether (sulfide) groups is 1. The van der Waals surface area contributed by atoms with Crippen LogP contribution in [-0.2, 0) is 29.5 Å². The first-order valence-corrected chi connectivity index (χ1v) is 10.5. The lowest BCUT2D eigenvalue weighted by Gasteiger charge is -2.15. The first kappa shape index (κ1) is 22.0. The van der Waals surface area contributed by atoms with Crippen LogP contribution in [0.15, 0.2) is 34.1 Å². The zero-order chi connectivity index (χ0) is 21.3. The Bertz CT molecular complexity index is 1080. The molecule has 0 radical (unpaired) electrons. The van der Waals surface area contributed by atoms with Gasteiger partial charge in [-0.2, -0.15) is 18.3 Å². The molecule has 0 N–H and O–H groups in total. The Morgan fingerprint density at radius 2 is 1.93 bits per heavy atom. The fourth-order valence-corrected chi connectivity index (χ4v) is 3.91. The zero-order valence-electron chi connectivity index (χ0n) is 14.6. The van der Waals surface area contributed by atoms with Gasteiger partial charge in [0.05, 0.1) is 22.0 Å². The molecule has 0 aliphatic heterocycles. The number of hydrogen-bond acceptors (Lipinski definition) is 7. The highest BCUT2D eigenvalue weighted by Crippen LogP contribution is 2.36. The number of alkyl halides is 3. The lowest BCUT2D eigenvalue weighted by Crippen LogP contribution is -2.25. The second-order valence-corrected chi connectivity index (χ2v) is 8.81. The molecule has 0 aliphatic carbocycles. The van der Waals surface area contributed by atoms with Crippen LogP contribution >= 0.6 is 11.8 Å². The number of aromatic nitrogens is 2. The molecule has 0 aliphatic rings. The first-order chi connectivity index (χ1) is 12.8. The number of halogens is 3. The number of carbonyl (C=O) groups excluding carboxylic acids is 1. The van der Waals surface area contributed by atoms with Crippen molar-refractivity contribution in [2.45, 2.75) is 17.5 Å². The Hall–Kier alpha value is -2.34. The topological polar surface area (TPSA) is 109 Å². The Kier molecular flexibility index (Phi) is 6.24. The summed E-state index contributed by atoms with van der Waals surface area (Å²) in [6.07, 6.45) is -2.91. The zero-order valence-corrected chi connectivity index (χ0v) is 16.2. The van der Waals surface area contributed by atoms with Crippen LogP contribution in [0, 0.1) is 0 Å². The maximum atomic E-state index is 13.0. The number of rotatable bonds is 5. The van der Waals surface area contributed by atoms with E-state index in [1.54, 1.807) is 0 Å². The highest BCUT2D eigenvalue weighted by Gasteiger charge is 2.32. The summed E-state index contributed by atoms with van der Waals surface area (Å²) in [5.74, 6) is -0.0522.